The van der Waals surface area contributed by atoms with E-state index in [-0.39, 0.29) is 11.0 Å². The number of hydrogen-bond donors (Lipinski definition) is 2. The van der Waals surface area contributed by atoms with Crippen molar-refractivity contribution in [2.24, 2.45) is 0 Å². The monoisotopic (exact) mass is 450 g/mol. The lowest BCUT2D eigenvalue weighted by Crippen LogP contribution is -2.34. The number of thiocarbonyl (C=S) groups is 1. The average molecular weight is 451 g/mol. The molecule has 1 amide bonds. The number of hydrogen-bond acceptors (Lipinski definition) is 2. The van der Waals surface area contributed by atoms with Crippen LogP contribution in [0.1, 0.15) is 10.4 Å². The maximum absolute atomic E-state index is 12.0. The van der Waals surface area contributed by atoms with Crippen LogP contribution >= 0.6 is 58.0 Å². The van der Waals surface area contributed by atoms with Crippen LogP contribution in [0.15, 0.2) is 42.5 Å². The molecule has 0 aromatic heterocycles. The van der Waals surface area contributed by atoms with E-state index in [1.807, 2.05) is 6.07 Å². The highest BCUT2D eigenvalue weighted by molar-refractivity contribution is 14.1. The van der Waals surface area contributed by atoms with Crippen molar-refractivity contribution in [1.29, 1.82) is 0 Å². The highest BCUT2D eigenvalue weighted by Crippen LogP contribution is 2.29. The van der Waals surface area contributed by atoms with Crippen LogP contribution in [-0.4, -0.2) is 11.0 Å². The molecule has 0 spiro atoms. The first-order valence-electron chi connectivity index (χ1n) is 5.79. The molecule has 0 aliphatic heterocycles. The Balaban J connectivity index is 2.05. The topological polar surface area (TPSA) is 41.1 Å². The fourth-order valence-corrected chi connectivity index (χ4v) is 2.65. The molecule has 2 aromatic rings. The van der Waals surface area contributed by atoms with Gasteiger partial charge < -0.3 is 5.32 Å². The Morgan fingerprint density at radius 2 is 1.86 bits per heavy atom. The minimum atomic E-state index is -0.288. The summed E-state index contributed by atoms with van der Waals surface area (Å²) in [5.74, 6) is -0.288. The van der Waals surface area contributed by atoms with E-state index >= 15 is 0 Å². The van der Waals surface area contributed by atoms with Crippen molar-refractivity contribution in [3.05, 3.63) is 61.6 Å². The van der Waals surface area contributed by atoms with Crippen LogP contribution < -0.4 is 10.6 Å². The fourth-order valence-electron chi connectivity index (χ4n) is 1.56. The van der Waals surface area contributed by atoms with Crippen molar-refractivity contribution in [1.82, 2.24) is 5.32 Å². The average Bonchev–Trinajstić information content (AvgIpc) is 2.44. The smallest absolute Gasteiger partial charge is 0.257 e. The lowest BCUT2D eigenvalue weighted by molar-refractivity contribution is 0.0977. The number of carbonyl (C=O) groups excluding carboxylic acids is 1. The second kappa shape index (κ2) is 7.40. The van der Waals surface area contributed by atoms with Crippen molar-refractivity contribution in [3.8, 4) is 0 Å². The van der Waals surface area contributed by atoms with E-state index in [0.29, 0.717) is 21.3 Å². The number of nitrogens with one attached hydrogen (secondary N) is 2. The number of carbonyl (C=O) groups is 1. The molecular formula is C14H9Cl2IN2OS. The number of halogens is 3. The molecule has 0 unspecified atom stereocenters. The lowest BCUT2D eigenvalue weighted by atomic mass is 10.2. The molecule has 2 N–H and O–H groups in total. The van der Waals surface area contributed by atoms with Gasteiger partial charge in [-0.05, 0) is 65.1 Å². The van der Waals surface area contributed by atoms with Gasteiger partial charge in [-0.15, -0.1) is 0 Å². The number of benzene rings is 2. The quantitative estimate of drug-likeness (QED) is 0.513. The zero-order chi connectivity index (χ0) is 15.4. The third-order valence-electron chi connectivity index (χ3n) is 2.51. The Morgan fingerprint density at radius 1 is 1.14 bits per heavy atom. The molecule has 0 aliphatic carbocycles. The van der Waals surface area contributed by atoms with Gasteiger partial charge in [-0.2, -0.15) is 0 Å². The van der Waals surface area contributed by atoms with Gasteiger partial charge in [-0.25, -0.2) is 0 Å². The Bertz CT molecular complexity index is 709. The molecule has 0 bridgehead atoms. The summed E-state index contributed by atoms with van der Waals surface area (Å²) >= 11 is 19.2. The summed E-state index contributed by atoms with van der Waals surface area (Å²) in [4.78, 5) is 12.0. The molecule has 0 fully saturated rings. The molecule has 21 heavy (non-hydrogen) atoms. The summed E-state index contributed by atoms with van der Waals surface area (Å²) in [6.45, 7) is 0. The van der Waals surface area contributed by atoms with Gasteiger partial charge in [0.1, 0.15) is 0 Å². The molecule has 0 atom stereocenters. The Hall–Kier alpha value is -0.890. The van der Waals surface area contributed by atoms with E-state index in [1.54, 1.807) is 36.4 Å². The maximum atomic E-state index is 12.0. The normalized spacial score (nSPS) is 10.0. The summed E-state index contributed by atoms with van der Waals surface area (Å²) in [6.07, 6.45) is 0. The summed E-state index contributed by atoms with van der Waals surface area (Å²) < 4.78 is 0.969. The van der Waals surface area contributed by atoms with Crippen molar-refractivity contribution < 1.29 is 4.79 Å². The minimum Gasteiger partial charge on any atom is -0.331 e. The van der Waals surface area contributed by atoms with Crippen LogP contribution in [0.4, 0.5) is 5.69 Å². The maximum Gasteiger partial charge on any atom is 0.257 e. The van der Waals surface area contributed by atoms with Crippen LogP contribution in [-0.2, 0) is 0 Å². The highest BCUT2D eigenvalue weighted by Gasteiger charge is 2.10. The van der Waals surface area contributed by atoms with Gasteiger partial charge in [0.15, 0.2) is 5.11 Å². The molecule has 7 heteroatoms. The summed E-state index contributed by atoms with van der Waals surface area (Å²) in [6, 6.07) is 12.3. The summed E-state index contributed by atoms with van der Waals surface area (Å²) in [7, 11) is 0. The van der Waals surface area contributed by atoms with E-state index < -0.39 is 0 Å². The fraction of sp³-hybridized carbons (Fsp3) is 0. The zero-order valence-electron chi connectivity index (χ0n) is 10.5. The van der Waals surface area contributed by atoms with Crippen LogP contribution in [0.3, 0.4) is 0 Å². The SMILES string of the molecule is O=C(NC(=S)Nc1cccc(Cl)c1Cl)c1cccc(I)c1. The van der Waals surface area contributed by atoms with Gasteiger partial charge in [0, 0.05) is 9.13 Å². The summed E-state index contributed by atoms with van der Waals surface area (Å²) in [5.41, 5.74) is 1.07. The predicted octanol–water partition coefficient (Wildman–Crippen LogP) is 4.72. The summed E-state index contributed by atoms with van der Waals surface area (Å²) in [5, 5.41) is 6.36. The van der Waals surface area contributed by atoms with Crippen LogP contribution in [0, 0.1) is 3.57 Å². The first-order valence-corrected chi connectivity index (χ1v) is 8.03. The third kappa shape index (κ3) is 4.54. The van der Waals surface area contributed by atoms with Crippen molar-refractivity contribution in [2.45, 2.75) is 0 Å². The van der Waals surface area contributed by atoms with Crippen molar-refractivity contribution in [2.75, 3.05) is 5.32 Å². The zero-order valence-corrected chi connectivity index (χ0v) is 15.0. The molecule has 108 valence electrons. The van der Waals surface area contributed by atoms with Gasteiger partial charge in [-0.3, -0.25) is 10.1 Å². The Morgan fingerprint density at radius 3 is 2.57 bits per heavy atom. The molecule has 0 radical (unpaired) electrons. The number of amides is 1. The predicted molar refractivity (Wildman–Crippen MR) is 99.3 cm³/mol. The minimum absolute atomic E-state index is 0.156. The van der Waals surface area contributed by atoms with E-state index in [1.165, 1.54) is 0 Å². The first-order chi connectivity index (χ1) is 9.97. The molecule has 2 aromatic carbocycles. The Kier molecular flexibility index (Phi) is 5.80. The van der Waals surface area contributed by atoms with Crippen molar-refractivity contribution in [3.63, 3.8) is 0 Å². The molecule has 3 nitrogen and oxygen atoms in total. The van der Waals surface area contributed by atoms with Gasteiger partial charge in [0.25, 0.3) is 5.91 Å². The van der Waals surface area contributed by atoms with Gasteiger partial charge in [0.2, 0.25) is 0 Å². The molecule has 0 heterocycles. The van der Waals surface area contributed by atoms with Gasteiger partial charge in [-0.1, -0.05) is 35.3 Å². The molecular weight excluding hydrogens is 442 g/mol. The molecule has 2 rings (SSSR count). The van der Waals surface area contributed by atoms with Gasteiger partial charge >= 0.3 is 0 Å². The molecule has 0 aliphatic rings. The number of anilines is 1. The van der Waals surface area contributed by atoms with E-state index in [9.17, 15) is 4.79 Å². The standard InChI is InChI=1S/C14H9Cl2IN2OS/c15-10-5-2-6-11(12(10)16)18-14(21)19-13(20)8-3-1-4-9(17)7-8/h1-7H,(H2,18,19,20,21). The third-order valence-corrected chi connectivity index (χ3v) is 4.21. The van der Waals surface area contributed by atoms with Gasteiger partial charge in [0.05, 0.1) is 15.7 Å². The first kappa shape index (κ1) is 16.5. The largest absolute Gasteiger partial charge is 0.331 e. The molecule has 0 saturated heterocycles. The second-order valence-corrected chi connectivity index (χ2v) is 6.46. The second-order valence-electron chi connectivity index (χ2n) is 4.02. The molecule has 0 saturated carbocycles. The van der Waals surface area contributed by atoms with Crippen LogP contribution in [0.2, 0.25) is 10.0 Å². The highest BCUT2D eigenvalue weighted by atomic mass is 127. The van der Waals surface area contributed by atoms with E-state index in [4.69, 9.17) is 35.4 Å². The van der Waals surface area contributed by atoms with E-state index in [0.717, 1.165) is 3.57 Å². The van der Waals surface area contributed by atoms with E-state index in [2.05, 4.69) is 33.2 Å². The van der Waals surface area contributed by atoms with Crippen LogP contribution in [0.5, 0.6) is 0 Å². The van der Waals surface area contributed by atoms with Crippen LogP contribution in [0.25, 0.3) is 0 Å². The Labute approximate surface area is 151 Å². The lowest BCUT2D eigenvalue weighted by Gasteiger charge is -2.11. The number of rotatable bonds is 2. The van der Waals surface area contributed by atoms with Crippen molar-refractivity contribution >= 4 is 74.7 Å².